The Hall–Kier alpha value is -0.310. The molecule has 1 aromatic rings. The Morgan fingerprint density at radius 1 is 1.62 bits per heavy atom. The second-order valence-electron chi connectivity index (χ2n) is 1.97. The predicted octanol–water partition coefficient (Wildman–Crippen LogP) is 2.80. The summed E-state index contributed by atoms with van der Waals surface area (Å²) in [5.41, 5.74) is 0. The molecule has 5 heteroatoms. The third kappa shape index (κ3) is 3.14. The Morgan fingerprint density at radius 2 is 2.31 bits per heavy atom. The van der Waals surface area contributed by atoms with E-state index in [0.717, 1.165) is 13.1 Å². The molecular formula is C8H4Br2O2S. The molecule has 0 aliphatic carbocycles. The van der Waals surface area contributed by atoms with Crippen LogP contribution < -0.4 is 0 Å². The molecular weight excluding hydrogens is 320 g/mol. The summed E-state index contributed by atoms with van der Waals surface area (Å²) in [4.78, 5) is 11.5. The lowest BCUT2D eigenvalue weighted by Gasteiger charge is -1.82. The average molecular weight is 324 g/mol. The second kappa shape index (κ2) is 4.80. The van der Waals surface area contributed by atoms with Gasteiger partial charge in [0.25, 0.3) is 0 Å². The van der Waals surface area contributed by atoms with Crippen molar-refractivity contribution in [2.45, 2.75) is 0 Å². The van der Waals surface area contributed by atoms with Crippen LogP contribution in [0.25, 0.3) is 0 Å². The molecule has 68 valence electrons. The van der Waals surface area contributed by atoms with Crippen molar-refractivity contribution in [3.8, 4) is 11.8 Å². The summed E-state index contributed by atoms with van der Waals surface area (Å²) in [6, 6.07) is 1.84. The van der Waals surface area contributed by atoms with Crippen LogP contribution in [-0.4, -0.2) is 13.1 Å². The highest BCUT2D eigenvalue weighted by atomic mass is 79.9. The third-order valence-corrected chi connectivity index (χ3v) is 4.29. The third-order valence-electron chi connectivity index (χ3n) is 1.12. The van der Waals surface area contributed by atoms with E-state index in [1.54, 1.807) is 0 Å². The SMILES string of the molecule is COC(=O)C#Cc1cc(Br)c(Br)s1. The molecule has 0 aromatic carbocycles. The van der Waals surface area contributed by atoms with Gasteiger partial charge in [-0.05, 0) is 43.8 Å². The molecule has 0 bridgehead atoms. The molecule has 0 N–H and O–H groups in total. The zero-order chi connectivity index (χ0) is 9.84. The van der Waals surface area contributed by atoms with E-state index in [-0.39, 0.29) is 0 Å². The number of hydrogen-bond acceptors (Lipinski definition) is 3. The second-order valence-corrected chi connectivity index (χ2v) is 5.20. The first-order valence-corrected chi connectivity index (χ1v) is 5.58. The maximum atomic E-state index is 10.7. The van der Waals surface area contributed by atoms with Crippen LogP contribution in [0.3, 0.4) is 0 Å². The van der Waals surface area contributed by atoms with Crippen molar-refractivity contribution in [2.75, 3.05) is 7.11 Å². The summed E-state index contributed by atoms with van der Waals surface area (Å²) in [6.07, 6.45) is 0. The van der Waals surface area contributed by atoms with Gasteiger partial charge in [-0.3, -0.25) is 0 Å². The Kier molecular flexibility index (Phi) is 3.97. The summed E-state index contributed by atoms with van der Waals surface area (Å²) in [5.74, 6) is 4.51. The average Bonchev–Trinajstić information content (AvgIpc) is 2.42. The first kappa shape index (κ1) is 10.8. The van der Waals surface area contributed by atoms with Crippen molar-refractivity contribution in [3.05, 3.63) is 19.2 Å². The zero-order valence-electron chi connectivity index (χ0n) is 6.56. The Labute approximate surface area is 96.5 Å². The van der Waals surface area contributed by atoms with Gasteiger partial charge in [0, 0.05) is 10.4 Å². The summed E-state index contributed by atoms with van der Waals surface area (Å²) in [5, 5.41) is 0. The highest BCUT2D eigenvalue weighted by Gasteiger charge is 2.01. The van der Waals surface area contributed by atoms with Crippen molar-refractivity contribution < 1.29 is 9.53 Å². The number of esters is 1. The van der Waals surface area contributed by atoms with Gasteiger partial charge in [-0.1, -0.05) is 0 Å². The molecule has 0 aliphatic rings. The lowest BCUT2D eigenvalue weighted by molar-refractivity contribution is -0.133. The maximum absolute atomic E-state index is 10.7. The minimum absolute atomic E-state index is 0.527. The number of carbonyl (C=O) groups is 1. The van der Waals surface area contributed by atoms with Crippen molar-refractivity contribution >= 4 is 49.2 Å². The predicted molar refractivity (Wildman–Crippen MR) is 58.6 cm³/mol. The number of ether oxygens (including phenoxy) is 1. The summed E-state index contributed by atoms with van der Waals surface area (Å²) >= 11 is 8.10. The molecule has 0 unspecified atom stereocenters. The van der Waals surface area contributed by atoms with Crippen LogP contribution in [0.15, 0.2) is 14.3 Å². The van der Waals surface area contributed by atoms with E-state index in [1.165, 1.54) is 18.4 Å². The Balaban J connectivity index is 2.84. The van der Waals surface area contributed by atoms with Gasteiger partial charge in [-0.15, -0.1) is 11.3 Å². The number of hydrogen-bond donors (Lipinski definition) is 0. The maximum Gasteiger partial charge on any atom is 0.384 e. The van der Waals surface area contributed by atoms with Crippen molar-refractivity contribution in [2.24, 2.45) is 0 Å². The van der Waals surface area contributed by atoms with Crippen LogP contribution in [-0.2, 0) is 9.53 Å². The molecule has 0 aliphatic heterocycles. The molecule has 1 rings (SSSR count). The number of carbonyl (C=O) groups excluding carboxylic acids is 1. The van der Waals surface area contributed by atoms with Gasteiger partial charge in [0.1, 0.15) is 0 Å². The number of rotatable bonds is 0. The first-order chi connectivity index (χ1) is 6.13. The quantitative estimate of drug-likeness (QED) is 0.542. The van der Waals surface area contributed by atoms with E-state index in [2.05, 4.69) is 48.4 Å². The van der Waals surface area contributed by atoms with Crippen LogP contribution >= 0.6 is 43.2 Å². The molecule has 0 atom stereocenters. The van der Waals surface area contributed by atoms with Crippen LogP contribution in [0.5, 0.6) is 0 Å². The molecule has 0 spiro atoms. The lowest BCUT2D eigenvalue weighted by atomic mass is 10.4. The minimum atomic E-state index is -0.527. The lowest BCUT2D eigenvalue weighted by Crippen LogP contribution is -1.93. The van der Waals surface area contributed by atoms with Crippen LogP contribution in [0, 0.1) is 11.8 Å². The molecule has 0 amide bonds. The van der Waals surface area contributed by atoms with E-state index >= 15 is 0 Å². The molecule has 1 aromatic heterocycles. The van der Waals surface area contributed by atoms with Gasteiger partial charge >= 0.3 is 5.97 Å². The van der Waals surface area contributed by atoms with Crippen molar-refractivity contribution in [1.82, 2.24) is 0 Å². The first-order valence-electron chi connectivity index (χ1n) is 3.18. The largest absolute Gasteiger partial charge is 0.459 e. The summed E-state index contributed by atoms with van der Waals surface area (Å²) in [7, 11) is 1.30. The topological polar surface area (TPSA) is 26.3 Å². The van der Waals surface area contributed by atoms with E-state index in [0.29, 0.717) is 0 Å². The zero-order valence-corrected chi connectivity index (χ0v) is 10.5. The van der Waals surface area contributed by atoms with Crippen LogP contribution in [0.4, 0.5) is 0 Å². The summed E-state index contributed by atoms with van der Waals surface area (Å²) in [6.45, 7) is 0. The van der Waals surface area contributed by atoms with Gasteiger partial charge in [0.05, 0.1) is 15.8 Å². The molecule has 0 saturated heterocycles. The fourth-order valence-electron chi connectivity index (χ4n) is 0.572. The standard InChI is InChI=1S/C8H4Br2O2S/c1-12-7(11)3-2-5-4-6(9)8(10)13-5/h4H,1H3. The normalized spacial score (nSPS) is 8.85. The fraction of sp³-hybridized carbons (Fsp3) is 0.125. The Morgan fingerprint density at radius 3 is 2.77 bits per heavy atom. The smallest absolute Gasteiger partial charge is 0.384 e. The molecule has 2 nitrogen and oxygen atoms in total. The monoisotopic (exact) mass is 322 g/mol. The molecule has 0 fully saturated rings. The number of methoxy groups -OCH3 is 1. The van der Waals surface area contributed by atoms with Gasteiger partial charge in [-0.2, -0.15) is 0 Å². The van der Waals surface area contributed by atoms with Crippen molar-refractivity contribution in [3.63, 3.8) is 0 Å². The van der Waals surface area contributed by atoms with E-state index in [4.69, 9.17) is 0 Å². The number of halogens is 2. The molecule has 13 heavy (non-hydrogen) atoms. The van der Waals surface area contributed by atoms with Gasteiger partial charge in [0.15, 0.2) is 0 Å². The van der Waals surface area contributed by atoms with Crippen LogP contribution in [0.1, 0.15) is 4.88 Å². The highest BCUT2D eigenvalue weighted by molar-refractivity contribution is 9.13. The molecule has 0 radical (unpaired) electrons. The highest BCUT2D eigenvalue weighted by Crippen LogP contribution is 2.31. The van der Waals surface area contributed by atoms with E-state index in [9.17, 15) is 4.79 Å². The minimum Gasteiger partial charge on any atom is -0.459 e. The van der Waals surface area contributed by atoms with Crippen molar-refractivity contribution in [1.29, 1.82) is 0 Å². The molecule has 0 saturated carbocycles. The summed E-state index contributed by atoms with van der Waals surface area (Å²) < 4.78 is 6.27. The van der Waals surface area contributed by atoms with Crippen LogP contribution in [0.2, 0.25) is 0 Å². The number of thiophene rings is 1. The van der Waals surface area contributed by atoms with Gasteiger partial charge < -0.3 is 4.74 Å². The molecule has 1 heterocycles. The Bertz CT molecular complexity index is 367. The van der Waals surface area contributed by atoms with E-state index in [1.807, 2.05) is 6.07 Å². The van der Waals surface area contributed by atoms with Gasteiger partial charge in [0.2, 0.25) is 0 Å². The van der Waals surface area contributed by atoms with Gasteiger partial charge in [-0.25, -0.2) is 4.79 Å². The fourth-order valence-corrected chi connectivity index (χ4v) is 2.46. The van der Waals surface area contributed by atoms with E-state index < -0.39 is 5.97 Å².